The molecule has 1 aliphatic rings. The quantitative estimate of drug-likeness (QED) is 0.711. The molecular weight excluding hydrogens is 234 g/mol. The second-order valence-electron chi connectivity index (χ2n) is 3.88. The highest BCUT2D eigenvalue weighted by Gasteiger charge is 2.25. The Morgan fingerprint density at radius 2 is 2.29 bits per heavy atom. The number of H-pyrrole nitrogens is 1. The fourth-order valence-corrected chi connectivity index (χ4v) is 2.98. The highest BCUT2D eigenvalue weighted by Crippen LogP contribution is 2.41. The van der Waals surface area contributed by atoms with Crippen LogP contribution in [0.1, 0.15) is 0 Å². The van der Waals surface area contributed by atoms with Gasteiger partial charge in [0.2, 0.25) is 5.88 Å². The molecule has 0 radical (unpaired) electrons. The molecule has 1 N–H and O–H groups in total. The summed E-state index contributed by atoms with van der Waals surface area (Å²) in [7, 11) is 0. The molecule has 0 fully saturated rings. The van der Waals surface area contributed by atoms with Gasteiger partial charge in [-0.3, -0.25) is 4.90 Å². The zero-order chi connectivity index (χ0) is 11.2. The van der Waals surface area contributed by atoms with E-state index in [-0.39, 0.29) is 0 Å². The van der Waals surface area contributed by atoms with Crippen LogP contribution in [0.2, 0.25) is 0 Å². The average Bonchev–Trinajstić information content (AvgIpc) is 3.02. The largest absolute Gasteiger partial charge is 0.440 e. The Labute approximate surface area is 102 Å². The van der Waals surface area contributed by atoms with Crippen LogP contribution in [0.25, 0.3) is 11.0 Å². The van der Waals surface area contributed by atoms with Gasteiger partial charge in [-0.25, -0.2) is 4.98 Å². The van der Waals surface area contributed by atoms with Crippen molar-refractivity contribution < 1.29 is 4.42 Å². The van der Waals surface area contributed by atoms with Crippen LogP contribution in [0.5, 0.6) is 0 Å². The van der Waals surface area contributed by atoms with Crippen LogP contribution >= 0.6 is 11.8 Å². The number of imidazole rings is 1. The molecule has 3 heterocycles. The van der Waals surface area contributed by atoms with Crippen molar-refractivity contribution in [2.24, 2.45) is 0 Å². The monoisotopic (exact) mass is 243 g/mol. The van der Waals surface area contributed by atoms with E-state index in [4.69, 9.17) is 4.42 Å². The molecule has 0 amide bonds. The van der Waals surface area contributed by atoms with Crippen LogP contribution in [0.3, 0.4) is 0 Å². The van der Waals surface area contributed by atoms with Crippen molar-refractivity contribution >= 4 is 34.4 Å². The van der Waals surface area contributed by atoms with Crippen molar-refractivity contribution in [3.8, 4) is 0 Å². The van der Waals surface area contributed by atoms with Crippen LogP contribution in [0.4, 0.5) is 11.7 Å². The Hall–Kier alpha value is -1.88. The van der Waals surface area contributed by atoms with Crippen LogP contribution in [-0.2, 0) is 0 Å². The first-order valence-corrected chi connectivity index (χ1v) is 6.33. The number of hydrogen-bond donors (Lipinski definition) is 1. The normalized spacial score (nSPS) is 14.5. The molecule has 1 aromatic carbocycles. The highest BCUT2D eigenvalue weighted by molar-refractivity contribution is 7.99. The Morgan fingerprint density at radius 3 is 3.24 bits per heavy atom. The van der Waals surface area contributed by atoms with Gasteiger partial charge < -0.3 is 9.40 Å². The summed E-state index contributed by atoms with van der Waals surface area (Å²) in [5.74, 6) is 2.73. The van der Waals surface area contributed by atoms with Crippen LogP contribution in [0.15, 0.2) is 46.1 Å². The highest BCUT2D eigenvalue weighted by atomic mass is 32.2. The maximum atomic E-state index is 5.84. The molecule has 4 nitrogen and oxygen atoms in total. The lowest BCUT2D eigenvalue weighted by molar-refractivity contribution is 0.613. The number of benzene rings is 1. The average molecular weight is 243 g/mol. The van der Waals surface area contributed by atoms with Crippen molar-refractivity contribution in [3.05, 3.63) is 36.7 Å². The molecule has 1 aliphatic heterocycles. The van der Waals surface area contributed by atoms with Gasteiger partial charge in [0.1, 0.15) is 16.4 Å². The second-order valence-corrected chi connectivity index (χ2v) is 4.81. The molecule has 3 aromatic rings. The first-order valence-electron chi connectivity index (χ1n) is 5.34. The predicted octanol–water partition coefficient (Wildman–Crippen LogP) is 3.36. The topological polar surface area (TPSA) is 45.1 Å². The van der Waals surface area contributed by atoms with Gasteiger partial charge in [-0.2, -0.15) is 0 Å². The van der Waals surface area contributed by atoms with Crippen LogP contribution < -0.4 is 4.90 Å². The van der Waals surface area contributed by atoms with Gasteiger partial charge in [-0.15, -0.1) is 0 Å². The number of furan rings is 1. The summed E-state index contributed by atoms with van der Waals surface area (Å²) in [6.45, 7) is 0. The second kappa shape index (κ2) is 3.30. The minimum absolute atomic E-state index is 0.842. The summed E-state index contributed by atoms with van der Waals surface area (Å²) in [6.07, 6.45) is 1.71. The van der Waals surface area contributed by atoms with Crippen LogP contribution in [-0.4, -0.2) is 15.8 Å². The molecule has 0 spiro atoms. The molecule has 84 valence electrons. The summed E-state index contributed by atoms with van der Waals surface area (Å²) in [4.78, 5) is 9.50. The van der Waals surface area contributed by atoms with Crippen molar-refractivity contribution in [3.63, 3.8) is 0 Å². The maximum Gasteiger partial charge on any atom is 0.203 e. The van der Waals surface area contributed by atoms with Gasteiger partial charge in [-0.05, 0) is 6.07 Å². The van der Waals surface area contributed by atoms with E-state index in [9.17, 15) is 0 Å². The fraction of sp³-hybridized carbons (Fsp3) is 0.0833. The number of aromatic amines is 1. The summed E-state index contributed by atoms with van der Waals surface area (Å²) in [5, 5.41) is 2.16. The molecule has 0 saturated carbocycles. The molecular formula is C12H9N3OS. The Morgan fingerprint density at radius 1 is 1.35 bits per heavy atom. The van der Waals surface area contributed by atoms with E-state index >= 15 is 0 Å². The lowest BCUT2D eigenvalue weighted by atomic mass is 10.3. The number of hydrogen-bond acceptors (Lipinski definition) is 4. The summed E-state index contributed by atoms with van der Waals surface area (Å²) >= 11 is 1.71. The lowest BCUT2D eigenvalue weighted by Crippen LogP contribution is -2.10. The molecule has 17 heavy (non-hydrogen) atoms. The first-order chi connectivity index (χ1) is 8.42. The molecule has 2 aromatic heterocycles. The number of nitrogens with one attached hydrogen (secondary N) is 1. The third kappa shape index (κ3) is 1.29. The van der Waals surface area contributed by atoms with E-state index in [1.54, 1.807) is 18.1 Å². The van der Waals surface area contributed by atoms with Crippen molar-refractivity contribution in [2.75, 3.05) is 10.8 Å². The van der Waals surface area contributed by atoms with Gasteiger partial charge in [0.05, 0.1) is 12.2 Å². The molecule has 0 bridgehead atoms. The van der Waals surface area contributed by atoms with Gasteiger partial charge in [0.15, 0.2) is 0 Å². The van der Waals surface area contributed by atoms with Gasteiger partial charge in [0.25, 0.3) is 0 Å². The Bertz CT molecular complexity index is 655. The number of para-hydroxylation sites is 1. The SMILES string of the molecule is c1ccc2oc(N3CSc4nc[nH]c43)cc2c1. The molecule has 0 saturated heterocycles. The van der Waals surface area contributed by atoms with Crippen molar-refractivity contribution in [2.45, 2.75) is 5.03 Å². The lowest BCUT2D eigenvalue weighted by Gasteiger charge is -2.11. The fourth-order valence-electron chi connectivity index (χ4n) is 2.04. The maximum absolute atomic E-state index is 5.84. The summed E-state index contributed by atoms with van der Waals surface area (Å²) < 4.78 is 5.84. The van der Waals surface area contributed by atoms with E-state index in [2.05, 4.69) is 27.0 Å². The molecule has 5 heteroatoms. The number of thioether (sulfide) groups is 1. The molecule has 4 rings (SSSR count). The number of fused-ring (bicyclic) bond motifs is 2. The predicted molar refractivity (Wildman–Crippen MR) is 67.7 cm³/mol. The minimum atomic E-state index is 0.842. The number of nitrogens with zero attached hydrogens (tertiary/aromatic N) is 2. The van der Waals surface area contributed by atoms with Gasteiger partial charge in [0, 0.05) is 11.5 Å². The van der Waals surface area contributed by atoms with E-state index in [0.717, 1.165) is 33.6 Å². The summed E-state index contributed by atoms with van der Waals surface area (Å²) in [6, 6.07) is 10.1. The van der Waals surface area contributed by atoms with Crippen molar-refractivity contribution in [1.29, 1.82) is 0 Å². The van der Waals surface area contributed by atoms with E-state index in [1.807, 2.05) is 18.2 Å². The molecule has 0 aliphatic carbocycles. The van der Waals surface area contributed by atoms with E-state index in [1.165, 1.54) is 0 Å². The number of rotatable bonds is 1. The molecule has 0 atom stereocenters. The van der Waals surface area contributed by atoms with Gasteiger partial charge in [-0.1, -0.05) is 30.0 Å². The summed E-state index contributed by atoms with van der Waals surface area (Å²) in [5.41, 5.74) is 0.917. The van der Waals surface area contributed by atoms with Crippen LogP contribution in [0, 0.1) is 0 Å². The molecule has 0 unspecified atom stereocenters. The standard InChI is InChI=1S/C12H9N3OS/c1-2-4-9-8(3-1)5-10(16-9)15-7-17-12-11(15)13-6-14-12/h1-6H,7H2,(H,13,14). The third-order valence-corrected chi connectivity index (χ3v) is 3.82. The van der Waals surface area contributed by atoms with E-state index in [0.29, 0.717) is 0 Å². The van der Waals surface area contributed by atoms with E-state index < -0.39 is 0 Å². The number of aromatic nitrogens is 2. The van der Waals surface area contributed by atoms with Crippen molar-refractivity contribution in [1.82, 2.24) is 9.97 Å². The minimum Gasteiger partial charge on any atom is -0.440 e. The van der Waals surface area contributed by atoms with Gasteiger partial charge >= 0.3 is 0 Å². The number of anilines is 2. The Balaban J connectivity index is 1.85. The third-order valence-electron chi connectivity index (χ3n) is 2.86. The zero-order valence-electron chi connectivity index (χ0n) is 8.88. The first kappa shape index (κ1) is 9.18. The smallest absolute Gasteiger partial charge is 0.203 e. The Kier molecular flexibility index (Phi) is 1.78. The zero-order valence-corrected chi connectivity index (χ0v) is 9.70.